The zero-order valence-corrected chi connectivity index (χ0v) is 11.1. The van der Waals surface area contributed by atoms with Crippen molar-refractivity contribution in [1.29, 1.82) is 0 Å². The number of alkyl halides is 1. The van der Waals surface area contributed by atoms with E-state index in [1.54, 1.807) is 0 Å². The Morgan fingerprint density at radius 3 is 2.55 bits per heavy atom. The minimum absolute atomic E-state index is 0.300. The van der Waals surface area contributed by atoms with Crippen LogP contribution in [0.2, 0.25) is 0 Å². The lowest BCUT2D eigenvalue weighted by molar-refractivity contribution is -0.402. The van der Waals surface area contributed by atoms with Gasteiger partial charge >= 0.3 is 5.88 Å². The van der Waals surface area contributed by atoms with Crippen LogP contribution in [0.5, 0.6) is 0 Å². The van der Waals surface area contributed by atoms with E-state index in [9.17, 15) is 10.1 Å². The number of nitrogens with zero attached hydrogens (tertiary/aromatic N) is 1. The second-order valence-electron chi connectivity index (χ2n) is 4.36. The molecule has 3 aromatic rings. The van der Waals surface area contributed by atoms with Gasteiger partial charge in [-0.1, -0.05) is 42.5 Å². The van der Waals surface area contributed by atoms with Gasteiger partial charge < -0.3 is 4.42 Å². The SMILES string of the molecule is O=[N+]([O-])c1ccc(C(Cl)c2cccc3ccccc23)o1. The lowest BCUT2D eigenvalue weighted by Gasteiger charge is -2.10. The molecule has 4 nitrogen and oxygen atoms in total. The second kappa shape index (κ2) is 4.98. The monoisotopic (exact) mass is 287 g/mol. The van der Waals surface area contributed by atoms with Gasteiger partial charge in [-0.25, -0.2) is 0 Å². The van der Waals surface area contributed by atoms with E-state index < -0.39 is 10.3 Å². The number of rotatable bonds is 3. The van der Waals surface area contributed by atoms with Gasteiger partial charge in [-0.2, -0.15) is 0 Å². The molecule has 0 N–H and O–H groups in total. The van der Waals surface area contributed by atoms with Crippen LogP contribution in [0.15, 0.2) is 59.0 Å². The fraction of sp³-hybridized carbons (Fsp3) is 0.0667. The van der Waals surface area contributed by atoms with Crippen molar-refractivity contribution in [2.75, 3.05) is 0 Å². The number of benzene rings is 2. The van der Waals surface area contributed by atoms with Crippen molar-refractivity contribution in [3.8, 4) is 0 Å². The van der Waals surface area contributed by atoms with Crippen LogP contribution in [0, 0.1) is 10.1 Å². The van der Waals surface area contributed by atoms with Crippen molar-refractivity contribution in [2.45, 2.75) is 5.38 Å². The Bertz CT molecular complexity index is 776. The Kier molecular flexibility index (Phi) is 3.16. The van der Waals surface area contributed by atoms with Crippen molar-refractivity contribution >= 4 is 28.3 Å². The number of halogens is 1. The summed E-state index contributed by atoms with van der Waals surface area (Å²) in [6.07, 6.45) is 0. The average Bonchev–Trinajstić information content (AvgIpc) is 2.96. The van der Waals surface area contributed by atoms with Gasteiger partial charge in [-0.3, -0.25) is 10.1 Å². The van der Waals surface area contributed by atoms with E-state index in [1.807, 2.05) is 42.5 Å². The summed E-state index contributed by atoms with van der Waals surface area (Å²) in [6, 6.07) is 16.5. The number of nitro groups is 1. The van der Waals surface area contributed by atoms with Crippen LogP contribution in [0.1, 0.15) is 16.7 Å². The fourth-order valence-corrected chi connectivity index (χ4v) is 2.51. The van der Waals surface area contributed by atoms with Crippen LogP contribution in [-0.4, -0.2) is 4.92 Å². The molecule has 0 aliphatic rings. The van der Waals surface area contributed by atoms with Crippen LogP contribution in [0.25, 0.3) is 10.8 Å². The molecule has 0 bridgehead atoms. The summed E-state index contributed by atoms with van der Waals surface area (Å²) < 4.78 is 5.18. The van der Waals surface area contributed by atoms with Crippen LogP contribution in [-0.2, 0) is 0 Å². The first kappa shape index (κ1) is 12.7. The van der Waals surface area contributed by atoms with Crippen molar-refractivity contribution in [3.63, 3.8) is 0 Å². The third kappa shape index (κ3) is 2.14. The first-order chi connectivity index (χ1) is 9.66. The molecule has 5 heteroatoms. The Morgan fingerprint density at radius 2 is 1.80 bits per heavy atom. The number of hydrogen-bond donors (Lipinski definition) is 0. The van der Waals surface area contributed by atoms with Crippen LogP contribution in [0.3, 0.4) is 0 Å². The maximum absolute atomic E-state index is 10.7. The molecule has 2 aromatic carbocycles. The molecule has 0 spiro atoms. The molecule has 0 saturated heterocycles. The van der Waals surface area contributed by atoms with Crippen molar-refractivity contribution < 1.29 is 9.34 Å². The van der Waals surface area contributed by atoms with Crippen LogP contribution in [0.4, 0.5) is 5.88 Å². The molecule has 0 fully saturated rings. The zero-order chi connectivity index (χ0) is 14.1. The fourth-order valence-electron chi connectivity index (χ4n) is 2.20. The third-order valence-corrected chi connectivity index (χ3v) is 3.59. The quantitative estimate of drug-likeness (QED) is 0.399. The minimum Gasteiger partial charge on any atom is -0.404 e. The molecule has 0 aliphatic heterocycles. The van der Waals surface area contributed by atoms with E-state index in [4.69, 9.17) is 16.0 Å². The average molecular weight is 288 g/mol. The highest BCUT2D eigenvalue weighted by atomic mass is 35.5. The van der Waals surface area contributed by atoms with Gasteiger partial charge in [0.05, 0.1) is 6.07 Å². The highest BCUT2D eigenvalue weighted by Gasteiger charge is 2.20. The van der Waals surface area contributed by atoms with E-state index in [1.165, 1.54) is 12.1 Å². The second-order valence-corrected chi connectivity index (χ2v) is 4.80. The zero-order valence-electron chi connectivity index (χ0n) is 10.3. The van der Waals surface area contributed by atoms with Crippen LogP contribution >= 0.6 is 11.6 Å². The van der Waals surface area contributed by atoms with E-state index in [2.05, 4.69) is 0 Å². The highest BCUT2D eigenvalue weighted by Crippen LogP contribution is 2.35. The van der Waals surface area contributed by atoms with Crippen molar-refractivity contribution in [3.05, 3.63) is 76.0 Å². The molecule has 1 aromatic heterocycles. The molecule has 0 saturated carbocycles. The molecule has 0 amide bonds. The summed E-state index contributed by atoms with van der Waals surface area (Å²) in [6.45, 7) is 0. The van der Waals surface area contributed by atoms with Gasteiger partial charge in [0, 0.05) is 0 Å². The van der Waals surface area contributed by atoms with Gasteiger partial charge in [0.2, 0.25) is 0 Å². The predicted molar refractivity (Wildman–Crippen MR) is 77.0 cm³/mol. The van der Waals surface area contributed by atoms with E-state index in [0.717, 1.165) is 16.3 Å². The summed E-state index contributed by atoms with van der Waals surface area (Å²) in [4.78, 5) is 10.1. The molecule has 100 valence electrons. The summed E-state index contributed by atoms with van der Waals surface area (Å²) in [5.41, 5.74) is 0.869. The molecular formula is C15H10ClNO3. The molecule has 1 atom stereocenters. The van der Waals surface area contributed by atoms with E-state index >= 15 is 0 Å². The molecular weight excluding hydrogens is 278 g/mol. The molecule has 20 heavy (non-hydrogen) atoms. The normalized spacial score (nSPS) is 12.4. The molecule has 0 radical (unpaired) electrons. The van der Waals surface area contributed by atoms with Gasteiger partial charge in [0.15, 0.2) is 0 Å². The van der Waals surface area contributed by atoms with E-state index in [0.29, 0.717) is 5.76 Å². The lowest BCUT2D eigenvalue weighted by atomic mass is 10.0. The topological polar surface area (TPSA) is 56.3 Å². The maximum atomic E-state index is 10.7. The Hall–Kier alpha value is -2.33. The smallest absolute Gasteiger partial charge is 0.404 e. The molecule has 1 unspecified atom stereocenters. The van der Waals surface area contributed by atoms with Gasteiger partial charge in [-0.05, 0) is 22.4 Å². The Morgan fingerprint density at radius 1 is 1.05 bits per heavy atom. The van der Waals surface area contributed by atoms with E-state index in [-0.39, 0.29) is 5.88 Å². The highest BCUT2D eigenvalue weighted by molar-refractivity contribution is 6.23. The largest absolute Gasteiger partial charge is 0.433 e. The molecule has 3 rings (SSSR count). The minimum atomic E-state index is -0.573. The Labute approximate surface area is 119 Å². The van der Waals surface area contributed by atoms with Crippen molar-refractivity contribution in [1.82, 2.24) is 0 Å². The maximum Gasteiger partial charge on any atom is 0.433 e. The summed E-state index contributed by atoms with van der Waals surface area (Å²) in [5.74, 6) is 0.0700. The molecule has 1 heterocycles. The first-order valence-electron chi connectivity index (χ1n) is 6.02. The predicted octanol–water partition coefficient (Wildman–Crippen LogP) is 4.67. The van der Waals surface area contributed by atoms with Gasteiger partial charge in [0.25, 0.3) is 0 Å². The Balaban J connectivity index is 2.07. The number of hydrogen-bond acceptors (Lipinski definition) is 3. The summed E-state index contributed by atoms with van der Waals surface area (Å²) in [7, 11) is 0. The summed E-state index contributed by atoms with van der Waals surface area (Å²) in [5, 5.41) is 12.2. The lowest BCUT2D eigenvalue weighted by Crippen LogP contribution is -1.93. The summed E-state index contributed by atoms with van der Waals surface area (Å²) >= 11 is 6.41. The standard InChI is InChI=1S/C15H10ClNO3/c16-15(13-8-9-14(20-13)17(18)19)12-7-3-5-10-4-1-2-6-11(10)12/h1-9,15H. The van der Waals surface area contributed by atoms with Crippen molar-refractivity contribution in [2.24, 2.45) is 0 Å². The number of furan rings is 1. The van der Waals surface area contributed by atoms with Gasteiger partial charge in [0.1, 0.15) is 16.1 Å². The third-order valence-electron chi connectivity index (χ3n) is 3.14. The number of fused-ring (bicyclic) bond motifs is 1. The first-order valence-corrected chi connectivity index (χ1v) is 6.46. The molecule has 0 aliphatic carbocycles. The van der Waals surface area contributed by atoms with Crippen LogP contribution < -0.4 is 0 Å². The van der Waals surface area contributed by atoms with Gasteiger partial charge in [-0.15, -0.1) is 11.6 Å².